The molecule has 1 fully saturated rings. The first-order valence-electron chi connectivity index (χ1n) is 8.03. The van der Waals surface area contributed by atoms with Gasteiger partial charge in [0, 0.05) is 13.0 Å². The van der Waals surface area contributed by atoms with Crippen molar-refractivity contribution in [2.24, 2.45) is 10.8 Å². The van der Waals surface area contributed by atoms with Crippen molar-refractivity contribution in [3.63, 3.8) is 0 Å². The summed E-state index contributed by atoms with van der Waals surface area (Å²) in [5, 5.41) is 8.80. The maximum absolute atomic E-state index is 12.4. The lowest BCUT2D eigenvalue weighted by atomic mass is 9.86. The Labute approximate surface area is 146 Å². The molecule has 23 heavy (non-hydrogen) atoms. The first kappa shape index (κ1) is 18.2. The van der Waals surface area contributed by atoms with E-state index in [9.17, 15) is 4.79 Å². The Morgan fingerprint density at radius 1 is 1.30 bits per heavy atom. The summed E-state index contributed by atoms with van der Waals surface area (Å²) in [5.41, 5.74) is 1.89. The fourth-order valence-electron chi connectivity index (χ4n) is 3.15. The van der Waals surface area contributed by atoms with Crippen molar-refractivity contribution in [3.8, 4) is 0 Å². The third-order valence-electron chi connectivity index (χ3n) is 5.04. The van der Waals surface area contributed by atoms with Gasteiger partial charge in [-0.15, -0.1) is 0 Å². The molecule has 0 amide bonds. The van der Waals surface area contributed by atoms with E-state index in [0.29, 0.717) is 13.0 Å². The second kappa shape index (κ2) is 7.18. The van der Waals surface area contributed by atoms with Crippen LogP contribution in [0.2, 0.25) is 0 Å². The topological polar surface area (TPSA) is 46.5 Å². The summed E-state index contributed by atoms with van der Waals surface area (Å²) in [7, 11) is 0. The highest BCUT2D eigenvalue weighted by molar-refractivity contribution is 9.11. The molecule has 0 bridgehead atoms. The molecule has 0 aliphatic heterocycles. The Balaban J connectivity index is 2.10. The fourth-order valence-corrected chi connectivity index (χ4v) is 3.52. The molecule has 3 nitrogen and oxygen atoms in total. The molecule has 2 rings (SSSR count). The molecular formula is C19H25BrO3. The van der Waals surface area contributed by atoms with E-state index in [1.165, 1.54) is 11.1 Å². The van der Waals surface area contributed by atoms with Crippen LogP contribution in [0.5, 0.6) is 0 Å². The van der Waals surface area contributed by atoms with Crippen molar-refractivity contribution >= 4 is 27.5 Å². The lowest BCUT2D eigenvalue weighted by Crippen LogP contribution is -2.23. The van der Waals surface area contributed by atoms with Gasteiger partial charge in [0.1, 0.15) is 0 Å². The number of aliphatic hydroxyl groups excluding tert-OH is 1. The normalized spacial score (nSPS) is 27.3. The molecule has 1 N–H and O–H groups in total. The van der Waals surface area contributed by atoms with Gasteiger partial charge in [-0.25, -0.2) is 0 Å². The van der Waals surface area contributed by atoms with E-state index in [-0.39, 0.29) is 18.0 Å². The number of halogens is 1. The third-order valence-corrected chi connectivity index (χ3v) is 5.52. The molecule has 0 radical (unpaired) electrons. The van der Waals surface area contributed by atoms with Crippen LogP contribution >= 0.6 is 15.9 Å². The zero-order valence-electron chi connectivity index (χ0n) is 14.1. The second-order valence-corrected chi connectivity index (χ2v) is 8.03. The fraction of sp³-hybridized carbons (Fsp3) is 0.526. The van der Waals surface area contributed by atoms with Gasteiger partial charge in [0.2, 0.25) is 0 Å². The van der Waals surface area contributed by atoms with E-state index in [4.69, 9.17) is 9.84 Å². The van der Waals surface area contributed by atoms with Gasteiger partial charge in [0.25, 0.3) is 0 Å². The maximum Gasteiger partial charge on any atom is 0.312 e. The number of ether oxygens (including phenoxy) is 1. The Morgan fingerprint density at radius 3 is 2.52 bits per heavy atom. The standard InChI is InChI=1S/C19H25BrO3/c1-14(20)16(15-8-5-4-6-9-15)12-18(2)13-19(18,3)17(22)23-11-7-10-21/h4-6,8-9,21H,7,10-13H2,1-3H3/b16-14+. The Bertz CT molecular complexity index is 592. The van der Waals surface area contributed by atoms with Crippen molar-refractivity contribution in [1.82, 2.24) is 0 Å². The first-order chi connectivity index (χ1) is 10.8. The third kappa shape index (κ3) is 3.86. The molecule has 2 atom stereocenters. The van der Waals surface area contributed by atoms with Gasteiger partial charge >= 0.3 is 5.97 Å². The molecule has 1 saturated carbocycles. The number of allylic oxidation sites excluding steroid dienone is 2. The predicted octanol–water partition coefficient (Wildman–Crippen LogP) is 4.54. The number of rotatable bonds is 7. The molecule has 0 aromatic heterocycles. The van der Waals surface area contributed by atoms with Gasteiger partial charge in [-0.05, 0) is 47.7 Å². The number of hydrogen-bond donors (Lipinski definition) is 1. The van der Waals surface area contributed by atoms with Gasteiger partial charge < -0.3 is 9.84 Å². The summed E-state index contributed by atoms with van der Waals surface area (Å²) in [4.78, 5) is 12.4. The molecule has 0 saturated heterocycles. The second-order valence-electron chi connectivity index (χ2n) is 6.84. The highest BCUT2D eigenvalue weighted by atomic mass is 79.9. The van der Waals surface area contributed by atoms with Crippen LogP contribution < -0.4 is 0 Å². The van der Waals surface area contributed by atoms with Crippen molar-refractivity contribution < 1.29 is 14.6 Å². The smallest absolute Gasteiger partial charge is 0.312 e. The summed E-state index contributed by atoms with van der Waals surface area (Å²) >= 11 is 3.62. The molecule has 2 unspecified atom stereocenters. The first-order valence-corrected chi connectivity index (χ1v) is 8.82. The van der Waals surface area contributed by atoms with Crippen LogP contribution in [-0.4, -0.2) is 24.3 Å². The van der Waals surface area contributed by atoms with Crippen LogP contribution in [-0.2, 0) is 9.53 Å². The van der Waals surface area contributed by atoms with Gasteiger partial charge in [0.15, 0.2) is 0 Å². The van der Waals surface area contributed by atoms with Crippen LogP contribution in [0.3, 0.4) is 0 Å². The van der Waals surface area contributed by atoms with Crippen molar-refractivity contribution in [1.29, 1.82) is 0 Å². The van der Waals surface area contributed by atoms with E-state index >= 15 is 0 Å². The van der Waals surface area contributed by atoms with Crippen LogP contribution in [0.25, 0.3) is 5.57 Å². The molecule has 1 aliphatic carbocycles. The number of carbonyl (C=O) groups is 1. The molecular weight excluding hydrogens is 356 g/mol. The van der Waals surface area contributed by atoms with Crippen molar-refractivity contribution in [2.45, 2.75) is 40.0 Å². The monoisotopic (exact) mass is 380 g/mol. The highest BCUT2D eigenvalue weighted by Gasteiger charge is 2.66. The van der Waals surface area contributed by atoms with Gasteiger partial charge in [0.05, 0.1) is 12.0 Å². The summed E-state index contributed by atoms with van der Waals surface area (Å²) in [6.07, 6.45) is 2.16. The average molecular weight is 381 g/mol. The zero-order chi connectivity index (χ0) is 17.1. The van der Waals surface area contributed by atoms with E-state index in [2.05, 4.69) is 35.0 Å². The van der Waals surface area contributed by atoms with Gasteiger partial charge in [-0.1, -0.05) is 53.2 Å². The number of hydrogen-bond acceptors (Lipinski definition) is 3. The molecule has 4 heteroatoms. The maximum atomic E-state index is 12.4. The van der Waals surface area contributed by atoms with Crippen LogP contribution in [0.1, 0.15) is 45.6 Å². The molecule has 1 aromatic rings. The lowest BCUT2D eigenvalue weighted by Gasteiger charge is -2.20. The molecule has 1 aromatic carbocycles. The Hall–Kier alpha value is -1.13. The number of carbonyl (C=O) groups excluding carboxylic acids is 1. The Morgan fingerprint density at radius 2 is 1.96 bits per heavy atom. The number of esters is 1. The van der Waals surface area contributed by atoms with E-state index < -0.39 is 5.41 Å². The SMILES string of the molecule is C/C(Br)=C(/CC1(C)CC1(C)C(=O)OCCCO)c1ccccc1. The van der Waals surface area contributed by atoms with Gasteiger partial charge in [-0.2, -0.15) is 0 Å². The van der Waals surface area contributed by atoms with Crippen LogP contribution in [0.15, 0.2) is 34.8 Å². The zero-order valence-corrected chi connectivity index (χ0v) is 15.6. The molecule has 0 heterocycles. The quantitative estimate of drug-likeness (QED) is 0.557. The van der Waals surface area contributed by atoms with Gasteiger partial charge in [-0.3, -0.25) is 4.79 Å². The molecule has 126 valence electrons. The van der Waals surface area contributed by atoms with Crippen LogP contribution in [0, 0.1) is 10.8 Å². The average Bonchev–Trinajstić information content (AvgIpc) is 3.09. The van der Waals surface area contributed by atoms with Crippen molar-refractivity contribution in [2.75, 3.05) is 13.2 Å². The summed E-state index contributed by atoms with van der Waals surface area (Å²) in [6, 6.07) is 10.3. The molecule has 1 aliphatic rings. The minimum Gasteiger partial charge on any atom is -0.465 e. The lowest BCUT2D eigenvalue weighted by molar-refractivity contribution is -0.151. The van der Waals surface area contributed by atoms with E-state index in [1.807, 2.05) is 32.0 Å². The summed E-state index contributed by atoms with van der Waals surface area (Å²) < 4.78 is 6.43. The van der Waals surface area contributed by atoms with E-state index in [1.54, 1.807) is 0 Å². The van der Waals surface area contributed by atoms with Crippen LogP contribution in [0.4, 0.5) is 0 Å². The largest absolute Gasteiger partial charge is 0.465 e. The summed E-state index contributed by atoms with van der Waals surface area (Å²) in [6.45, 7) is 6.52. The number of benzene rings is 1. The molecule has 0 spiro atoms. The minimum absolute atomic E-state index is 0.0466. The Kier molecular flexibility index (Phi) is 5.69. The minimum atomic E-state index is -0.440. The predicted molar refractivity (Wildman–Crippen MR) is 96.1 cm³/mol. The highest BCUT2D eigenvalue weighted by Crippen LogP contribution is 2.67. The summed E-state index contributed by atoms with van der Waals surface area (Å²) in [5.74, 6) is -0.145. The van der Waals surface area contributed by atoms with Crippen molar-refractivity contribution in [3.05, 3.63) is 40.4 Å². The number of aliphatic hydroxyl groups is 1. The van der Waals surface area contributed by atoms with E-state index in [0.717, 1.165) is 17.3 Å².